The van der Waals surface area contributed by atoms with E-state index in [-0.39, 0.29) is 17.5 Å². The van der Waals surface area contributed by atoms with Gasteiger partial charge in [0, 0.05) is 17.5 Å². The largest absolute Gasteiger partial charge is 0.493 e. The number of ether oxygens (including phenoxy) is 2. The molecule has 2 aromatic carbocycles. The molecule has 2 fully saturated rings. The van der Waals surface area contributed by atoms with Crippen molar-refractivity contribution in [3.8, 4) is 11.5 Å². The quantitative estimate of drug-likeness (QED) is 0.342. The highest BCUT2D eigenvalue weighted by Gasteiger charge is 2.48. The number of urea groups is 1. The van der Waals surface area contributed by atoms with Crippen molar-refractivity contribution in [3.63, 3.8) is 0 Å². The number of benzene rings is 2. The van der Waals surface area contributed by atoms with Gasteiger partial charge in [0.25, 0.3) is 0 Å². The Balaban J connectivity index is 0.000000587. The number of carboxylic acids is 1. The summed E-state index contributed by atoms with van der Waals surface area (Å²) in [7, 11) is 3.18. The van der Waals surface area contributed by atoms with E-state index in [2.05, 4.69) is 16.0 Å². The lowest BCUT2D eigenvalue weighted by atomic mass is 9.65. The van der Waals surface area contributed by atoms with Gasteiger partial charge in [0.2, 0.25) is 0 Å². The van der Waals surface area contributed by atoms with Gasteiger partial charge < -0.3 is 30.5 Å². The number of hydrogen-bond donors (Lipinski definition) is 4. The molecule has 0 spiro atoms. The zero-order valence-electron chi connectivity index (χ0n) is 21.9. The number of methoxy groups -OCH3 is 2. The molecule has 2 aliphatic rings. The fraction of sp³-hybridized carbons (Fsp3) is 0.462. The third-order valence-corrected chi connectivity index (χ3v) is 7.18. The second-order valence-corrected chi connectivity index (χ2v) is 9.52. The van der Waals surface area contributed by atoms with Crippen molar-refractivity contribution < 1.29 is 54.9 Å². The molecule has 41 heavy (non-hydrogen) atoms. The van der Waals surface area contributed by atoms with Gasteiger partial charge >= 0.3 is 24.4 Å². The van der Waals surface area contributed by atoms with E-state index >= 15 is 0 Å². The van der Waals surface area contributed by atoms with Crippen LogP contribution in [0.3, 0.4) is 0 Å². The summed E-state index contributed by atoms with van der Waals surface area (Å²) < 4.78 is 95.6. The standard InChI is InChI=1S/C24H27F4N3O3.C2HF3O2/c1-33-18-7-6-14(12-19(18)34-2)23-9-8-15(13-20(23)29-11-10-23)30-22(32)31-17-5-3-4-16(21(17)25)24(26,27)28;3-2(4,5)1(6)7/h3-7,12,15,20,29H,8-11,13H2,1-2H3,(H2,30,31,32);(H,6,7). The van der Waals surface area contributed by atoms with Gasteiger partial charge in [0.05, 0.1) is 25.5 Å². The van der Waals surface area contributed by atoms with Crippen LogP contribution in [0.25, 0.3) is 0 Å². The molecule has 0 bridgehead atoms. The van der Waals surface area contributed by atoms with Crippen LogP contribution in [0, 0.1) is 5.82 Å². The number of anilines is 1. The lowest BCUT2D eigenvalue weighted by Gasteiger charge is -2.43. The maximum atomic E-state index is 14.2. The van der Waals surface area contributed by atoms with E-state index in [9.17, 15) is 35.5 Å². The van der Waals surface area contributed by atoms with E-state index < -0.39 is 41.4 Å². The number of rotatable bonds is 5. The number of aliphatic carboxylic acids is 1. The normalized spacial score (nSPS) is 22.1. The van der Waals surface area contributed by atoms with E-state index in [4.69, 9.17) is 19.4 Å². The molecule has 3 atom stereocenters. The van der Waals surface area contributed by atoms with Crippen molar-refractivity contribution >= 4 is 17.7 Å². The molecule has 1 aliphatic carbocycles. The van der Waals surface area contributed by atoms with E-state index in [0.29, 0.717) is 30.4 Å². The van der Waals surface area contributed by atoms with Crippen molar-refractivity contribution in [2.45, 2.75) is 55.5 Å². The molecule has 1 aliphatic heterocycles. The maximum absolute atomic E-state index is 14.2. The Hall–Kier alpha value is -3.75. The number of carbonyl (C=O) groups excluding carboxylic acids is 1. The number of carboxylic acid groups (broad SMARTS) is 1. The fourth-order valence-corrected chi connectivity index (χ4v) is 5.24. The van der Waals surface area contributed by atoms with Crippen LogP contribution in [-0.4, -0.2) is 56.1 Å². The van der Waals surface area contributed by atoms with Crippen LogP contribution < -0.4 is 25.4 Å². The Kier molecular flexibility index (Phi) is 9.62. The monoisotopic (exact) mass is 595 g/mol. The molecule has 0 aromatic heterocycles. The van der Waals surface area contributed by atoms with E-state index in [1.807, 2.05) is 18.2 Å². The number of hydrogen-bond acceptors (Lipinski definition) is 5. The molecule has 1 saturated heterocycles. The van der Waals surface area contributed by atoms with Crippen LogP contribution in [0.4, 0.5) is 41.2 Å². The fourth-order valence-electron chi connectivity index (χ4n) is 5.24. The summed E-state index contributed by atoms with van der Waals surface area (Å²) in [4.78, 5) is 21.4. The Labute approximate surface area is 230 Å². The van der Waals surface area contributed by atoms with Crippen molar-refractivity contribution in [1.82, 2.24) is 10.6 Å². The van der Waals surface area contributed by atoms with Gasteiger partial charge in [0.15, 0.2) is 17.3 Å². The number of amides is 2. The average molecular weight is 596 g/mol. The summed E-state index contributed by atoms with van der Waals surface area (Å²) in [6, 6.07) is 7.87. The molecule has 15 heteroatoms. The number of halogens is 7. The summed E-state index contributed by atoms with van der Waals surface area (Å²) in [6.07, 6.45) is -6.90. The zero-order chi connectivity index (χ0) is 30.6. The van der Waals surface area contributed by atoms with Gasteiger partial charge in [0.1, 0.15) is 0 Å². The van der Waals surface area contributed by atoms with Crippen LogP contribution in [0.5, 0.6) is 11.5 Å². The Morgan fingerprint density at radius 1 is 1.02 bits per heavy atom. The second kappa shape index (κ2) is 12.4. The van der Waals surface area contributed by atoms with Gasteiger partial charge in [-0.1, -0.05) is 12.1 Å². The SMILES string of the molecule is COc1ccc(C23CCNC2CC(NC(=O)Nc2cccc(C(F)(F)F)c2F)CC3)cc1OC.O=C(O)C(F)(F)F. The van der Waals surface area contributed by atoms with Crippen LogP contribution in [0.15, 0.2) is 36.4 Å². The van der Waals surface area contributed by atoms with Crippen LogP contribution in [0.2, 0.25) is 0 Å². The molecule has 4 rings (SSSR count). The Morgan fingerprint density at radius 2 is 1.68 bits per heavy atom. The molecule has 2 amide bonds. The van der Waals surface area contributed by atoms with Crippen molar-refractivity contribution in [1.29, 1.82) is 0 Å². The van der Waals surface area contributed by atoms with Gasteiger partial charge in [-0.25, -0.2) is 14.0 Å². The zero-order valence-corrected chi connectivity index (χ0v) is 21.9. The van der Waals surface area contributed by atoms with E-state index in [0.717, 1.165) is 37.1 Å². The minimum atomic E-state index is -5.08. The number of nitrogens with one attached hydrogen (secondary N) is 3. The average Bonchev–Trinajstić information content (AvgIpc) is 3.33. The third-order valence-electron chi connectivity index (χ3n) is 7.18. The molecular formula is C26H28F7N3O5. The summed E-state index contributed by atoms with van der Waals surface area (Å²) >= 11 is 0. The molecule has 2 aromatic rings. The van der Waals surface area contributed by atoms with Gasteiger partial charge in [-0.3, -0.25) is 0 Å². The molecule has 3 unspecified atom stereocenters. The smallest absolute Gasteiger partial charge is 0.490 e. The summed E-state index contributed by atoms with van der Waals surface area (Å²) in [5.41, 5.74) is -0.921. The van der Waals surface area contributed by atoms with Crippen LogP contribution >= 0.6 is 0 Å². The molecule has 8 nitrogen and oxygen atoms in total. The summed E-state index contributed by atoms with van der Waals surface area (Å²) in [6.45, 7) is 0.827. The molecule has 1 saturated carbocycles. The predicted octanol–water partition coefficient (Wildman–Crippen LogP) is 5.47. The van der Waals surface area contributed by atoms with E-state index in [1.165, 1.54) is 0 Å². The highest BCUT2D eigenvalue weighted by atomic mass is 19.4. The highest BCUT2D eigenvalue weighted by Crippen LogP contribution is 2.47. The van der Waals surface area contributed by atoms with Crippen molar-refractivity contribution in [2.75, 3.05) is 26.1 Å². The molecule has 0 radical (unpaired) electrons. The molecule has 226 valence electrons. The second-order valence-electron chi connectivity index (χ2n) is 9.52. The predicted molar refractivity (Wildman–Crippen MR) is 133 cm³/mol. The minimum Gasteiger partial charge on any atom is -0.493 e. The van der Waals surface area contributed by atoms with E-state index in [1.54, 1.807) is 14.2 Å². The number of fused-ring (bicyclic) bond motifs is 1. The Morgan fingerprint density at radius 3 is 2.27 bits per heavy atom. The van der Waals surface area contributed by atoms with Gasteiger partial charge in [-0.05, 0) is 62.1 Å². The van der Waals surface area contributed by atoms with Crippen molar-refractivity contribution in [3.05, 3.63) is 53.3 Å². The number of alkyl halides is 6. The first kappa shape index (κ1) is 31.8. The number of carbonyl (C=O) groups is 2. The maximum Gasteiger partial charge on any atom is 0.490 e. The summed E-state index contributed by atoms with van der Waals surface area (Å²) in [5, 5.41) is 15.7. The topological polar surface area (TPSA) is 109 Å². The molecule has 1 heterocycles. The lowest BCUT2D eigenvalue weighted by Crippen LogP contribution is -2.52. The molecular weight excluding hydrogens is 567 g/mol. The van der Waals surface area contributed by atoms with Crippen LogP contribution in [-0.2, 0) is 16.4 Å². The van der Waals surface area contributed by atoms with Gasteiger partial charge in [-0.15, -0.1) is 0 Å². The highest BCUT2D eigenvalue weighted by molar-refractivity contribution is 5.89. The van der Waals surface area contributed by atoms with Crippen LogP contribution in [0.1, 0.15) is 36.8 Å². The first-order chi connectivity index (χ1) is 19.1. The Bertz CT molecular complexity index is 1250. The lowest BCUT2D eigenvalue weighted by molar-refractivity contribution is -0.192. The summed E-state index contributed by atoms with van der Waals surface area (Å²) in [5.74, 6) is -2.95. The third kappa shape index (κ3) is 7.31. The minimum absolute atomic E-state index is 0.0925. The first-order valence-electron chi connectivity index (χ1n) is 12.3. The van der Waals surface area contributed by atoms with Crippen molar-refractivity contribution in [2.24, 2.45) is 0 Å². The molecule has 4 N–H and O–H groups in total. The first-order valence-corrected chi connectivity index (χ1v) is 12.3. The van der Waals surface area contributed by atoms with Gasteiger partial charge in [-0.2, -0.15) is 26.3 Å².